The predicted molar refractivity (Wildman–Crippen MR) is 86.8 cm³/mol. The first-order valence-electron chi connectivity index (χ1n) is 6.68. The maximum atomic E-state index is 12.1. The lowest BCUT2D eigenvalue weighted by atomic mass is 10.3. The van der Waals surface area contributed by atoms with E-state index in [2.05, 4.69) is 16.9 Å². The molecule has 0 saturated heterocycles. The highest BCUT2D eigenvalue weighted by Gasteiger charge is 2.05. The van der Waals surface area contributed by atoms with E-state index >= 15 is 0 Å². The number of hydrogen-bond donors (Lipinski definition) is 1. The van der Waals surface area contributed by atoms with Crippen molar-refractivity contribution in [2.45, 2.75) is 13.5 Å². The summed E-state index contributed by atoms with van der Waals surface area (Å²) in [5.41, 5.74) is 7.01. The molecule has 0 atom stereocenters. The number of anilines is 1. The Hall–Kier alpha value is -2.10. The van der Waals surface area contributed by atoms with Gasteiger partial charge in [0.05, 0.1) is 25.0 Å². The van der Waals surface area contributed by atoms with Gasteiger partial charge in [-0.3, -0.25) is 4.79 Å². The van der Waals surface area contributed by atoms with Crippen LogP contribution in [-0.2, 0) is 6.54 Å². The Balaban J connectivity index is 2.16. The van der Waals surface area contributed by atoms with E-state index in [1.807, 2.05) is 30.3 Å². The summed E-state index contributed by atoms with van der Waals surface area (Å²) in [5, 5.41) is 6.19. The number of aromatic nitrogens is 2. The van der Waals surface area contributed by atoms with Crippen LogP contribution in [0.1, 0.15) is 17.4 Å². The summed E-state index contributed by atoms with van der Waals surface area (Å²) in [4.78, 5) is 15.1. The number of hydrogen-bond acceptors (Lipinski definition) is 5. The number of nitrogens with zero attached hydrogens (tertiary/aromatic N) is 3. The van der Waals surface area contributed by atoms with Gasteiger partial charge in [0.1, 0.15) is 0 Å². The van der Waals surface area contributed by atoms with Gasteiger partial charge in [0.15, 0.2) is 0 Å². The van der Waals surface area contributed by atoms with E-state index in [4.69, 9.17) is 5.73 Å². The van der Waals surface area contributed by atoms with E-state index in [1.165, 1.54) is 4.68 Å². The van der Waals surface area contributed by atoms with Crippen LogP contribution in [-0.4, -0.2) is 29.9 Å². The van der Waals surface area contributed by atoms with E-state index in [0.29, 0.717) is 13.1 Å². The third kappa shape index (κ3) is 3.94. The fourth-order valence-corrected chi connectivity index (χ4v) is 2.56. The molecule has 110 valence electrons. The van der Waals surface area contributed by atoms with Gasteiger partial charge in [-0.2, -0.15) is 5.10 Å². The summed E-state index contributed by atoms with van der Waals surface area (Å²) in [6.45, 7) is 3.67. The van der Waals surface area contributed by atoms with Crippen LogP contribution >= 0.6 is 11.3 Å². The average molecular weight is 302 g/mol. The molecule has 0 aliphatic rings. The van der Waals surface area contributed by atoms with Crippen LogP contribution < -0.4 is 16.2 Å². The van der Waals surface area contributed by atoms with Crippen LogP contribution in [0.3, 0.4) is 0 Å². The smallest absolute Gasteiger partial charge is 0.269 e. The molecule has 0 saturated carbocycles. The minimum atomic E-state index is -0.101. The standard InChI is InChI=1S/C15H18N4OS/c1-3-18(2)13-8-15(20)19(17-9-13)10-14-7-12(11-21-14)5-4-6-16/h7-9,11H,3,6,10,16H2,1-2H3. The van der Waals surface area contributed by atoms with Crippen molar-refractivity contribution in [2.75, 3.05) is 25.0 Å². The zero-order chi connectivity index (χ0) is 15.2. The van der Waals surface area contributed by atoms with Crippen LogP contribution in [0.2, 0.25) is 0 Å². The Labute approximate surface area is 128 Å². The maximum Gasteiger partial charge on any atom is 0.269 e. The molecular formula is C15H18N4OS. The van der Waals surface area contributed by atoms with Crippen molar-refractivity contribution in [1.82, 2.24) is 9.78 Å². The van der Waals surface area contributed by atoms with Crippen LogP contribution in [0.4, 0.5) is 5.69 Å². The van der Waals surface area contributed by atoms with Gasteiger partial charge in [-0.1, -0.05) is 11.8 Å². The van der Waals surface area contributed by atoms with E-state index in [0.717, 1.165) is 22.7 Å². The van der Waals surface area contributed by atoms with Crippen molar-refractivity contribution in [3.8, 4) is 11.8 Å². The SMILES string of the molecule is CCN(C)c1cnn(Cc2cc(C#CCN)cs2)c(=O)c1. The quantitative estimate of drug-likeness (QED) is 0.860. The fourth-order valence-electron chi connectivity index (χ4n) is 1.76. The highest BCUT2D eigenvalue weighted by molar-refractivity contribution is 7.10. The van der Waals surface area contributed by atoms with Gasteiger partial charge in [0.2, 0.25) is 0 Å². The fraction of sp³-hybridized carbons (Fsp3) is 0.333. The summed E-state index contributed by atoms with van der Waals surface area (Å²) in [5.74, 6) is 5.79. The van der Waals surface area contributed by atoms with Gasteiger partial charge in [0, 0.05) is 35.5 Å². The summed E-state index contributed by atoms with van der Waals surface area (Å²) in [6, 6.07) is 3.58. The molecule has 2 N–H and O–H groups in total. The molecule has 21 heavy (non-hydrogen) atoms. The molecule has 0 amide bonds. The molecule has 0 radical (unpaired) electrons. The molecule has 0 bridgehead atoms. The van der Waals surface area contributed by atoms with E-state index in [9.17, 15) is 4.79 Å². The molecule has 0 aromatic carbocycles. The zero-order valence-electron chi connectivity index (χ0n) is 12.2. The molecule has 0 unspecified atom stereocenters. The third-order valence-electron chi connectivity index (χ3n) is 3.06. The lowest BCUT2D eigenvalue weighted by Gasteiger charge is -2.16. The summed E-state index contributed by atoms with van der Waals surface area (Å²) >= 11 is 1.57. The van der Waals surface area contributed by atoms with Crippen molar-refractivity contribution >= 4 is 17.0 Å². The second kappa shape index (κ2) is 7.07. The largest absolute Gasteiger partial charge is 0.373 e. The topological polar surface area (TPSA) is 64.2 Å². The van der Waals surface area contributed by atoms with Crippen molar-refractivity contribution in [1.29, 1.82) is 0 Å². The van der Waals surface area contributed by atoms with Crippen molar-refractivity contribution in [2.24, 2.45) is 5.73 Å². The van der Waals surface area contributed by atoms with E-state index in [-0.39, 0.29) is 5.56 Å². The van der Waals surface area contributed by atoms with Gasteiger partial charge in [0.25, 0.3) is 5.56 Å². The number of thiophene rings is 1. The first-order valence-corrected chi connectivity index (χ1v) is 7.56. The van der Waals surface area contributed by atoms with Gasteiger partial charge in [-0.05, 0) is 13.0 Å². The van der Waals surface area contributed by atoms with Gasteiger partial charge in [-0.25, -0.2) is 4.68 Å². The van der Waals surface area contributed by atoms with Gasteiger partial charge >= 0.3 is 0 Å². The van der Waals surface area contributed by atoms with Crippen molar-refractivity contribution < 1.29 is 0 Å². The lowest BCUT2D eigenvalue weighted by molar-refractivity contribution is 0.644. The summed E-state index contributed by atoms with van der Waals surface area (Å²) < 4.78 is 1.46. The first-order chi connectivity index (χ1) is 10.1. The Morgan fingerprint density at radius 2 is 2.29 bits per heavy atom. The van der Waals surface area contributed by atoms with E-state index in [1.54, 1.807) is 23.6 Å². The summed E-state index contributed by atoms with van der Waals surface area (Å²) in [6.07, 6.45) is 1.72. The Morgan fingerprint density at radius 1 is 1.48 bits per heavy atom. The highest BCUT2D eigenvalue weighted by atomic mass is 32.1. The van der Waals surface area contributed by atoms with Crippen LogP contribution in [0.15, 0.2) is 28.5 Å². The molecule has 2 aromatic rings. The van der Waals surface area contributed by atoms with Gasteiger partial charge in [-0.15, -0.1) is 11.3 Å². The first kappa shape index (κ1) is 15.3. The molecule has 0 aliphatic carbocycles. The lowest BCUT2D eigenvalue weighted by Crippen LogP contribution is -2.25. The van der Waals surface area contributed by atoms with Crippen LogP contribution in [0, 0.1) is 11.8 Å². The average Bonchev–Trinajstić information content (AvgIpc) is 2.94. The molecule has 0 aliphatic heterocycles. The maximum absolute atomic E-state index is 12.1. The van der Waals surface area contributed by atoms with Crippen LogP contribution in [0.5, 0.6) is 0 Å². The molecule has 0 fully saturated rings. The molecule has 5 nitrogen and oxygen atoms in total. The highest BCUT2D eigenvalue weighted by Crippen LogP contribution is 2.14. The summed E-state index contributed by atoms with van der Waals surface area (Å²) in [7, 11) is 1.93. The normalized spacial score (nSPS) is 10.0. The van der Waals surface area contributed by atoms with Crippen molar-refractivity contribution in [3.05, 3.63) is 44.5 Å². The molecular weight excluding hydrogens is 284 g/mol. The molecule has 2 heterocycles. The molecule has 2 aromatic heterocycles. The number of nitrogens with two attached hydrogens (primary N) is 1. The zero-order valence-corrected chi connectivity index (χ0v) is 13.0. The van der Waals surface area contributed by atoms with E-state index < -0.39 is 0 Å². The molecule has 0 spiro atoms. The number of rotatable bonds is 4. The van der Waals surface area contributed by atoms with Gasteiger partial charge < -0.3 is 10.6 Å². The Kier molecular flexibility index (Phi) is 5.14. The minimum absolute atomic E-state index is 0.101. The molecule has 2 rings (SSSR count). The van der Waals surface area contributed by atoms with Crippen molar-refractivity contribution in [3.63, 3.8) is 0 Å². The second-order valence-corrected chi connectivity index (χ2v) is 5.53. The third-order valence-corrected chi connectivity index (χ3v) is 3.99. The minimum Gasteiger partial charge on any atom is -0.373 e. The Morgan fingerprint density at radius 3 is 2.95 bits per heavy atom. The second-order valence-electron chi connectivity index (χ2n) is 4.53. The molecule has 6 heteroatoms. The predicted octanol–water partition coefficient (Wildman–Crippen LogP) is 1.12. The van der Waals surface area contributed by atoms with Crippen LogP contribution in [0.25, 0.3) is 0 Å². The Bertz CT molecular complexity index is 723. The monoisotopic (exact) mass is 302 g/mol.